The van der Waals surface area contributed by atoms with E-state index in [4.69, 9.17) is 9.47 Å². The predicted molar refractivity (Wildman–Crippen MR) is 105 cm³/mol. The Bertz CT molecular complexity index is 950. The van der Waals surface area contributed by atoms with Crippen LogP contribution < -0.4 is 9.47 Å². The topological polar surface area (TPSA) is 53.4 Å². The van der Waals surface area contributed by atoms with E-state index in [0.717, 1.165) is 16.9 Å². The van der Waals surface area contributed by atoms with Crippen molar-refractivity contribution in [2.24, 2.45) is 0 Å². The van der Waals surface area contributed by atoms with Gasteiger partial charge in [0.15, 0.2) is 0 Å². The number of methoxy groups -OCH3 is 1. The molecular formula is C22H24N2O3. The van der Waals surface area contributed by atoms with Crippen molar-refractivity contribution in [1.29, 1.82) is 0 Å². The smallest absolute Gasteiger partial charge is 0.344 e. The van der Waals surface area contributed by atoms with Crippen LogP contribution in [0.25, 0.3) is 5.69 Å². The number of carbonyl (C=O) groups excluding carboxylic acids is 1. The second-order valence-corrected chi connectivity index (χ2v) is 7.49. The summed E-state index contributed by atoms with van der Waals surface area (Å²) in [6.45, 7) is 8.24. The van der Waals surface area contributed by atoms with Gasteiger partial charge in [0, 0.05) is 11.5 Å². The van der Waals surface area contributed by atoms with Gasteiger partial charge in [0.2, 0.25) is 5.88 Å². The van der Waals surface area contributed by atoms with E-state index < -0.39 is 5.97 Å². The molecule has 27 heavy (non-hydrogen) atoms. The van der Waals surface area contributed by atoms with Crippen LogP contribution in [-0.2, 0) is 5.41 Å². The molecule has 0 saturated heterocycles. The first kappa shape index (κ1) is 18.7. The minimum atomic E-state index is -0.456. The quantitative estimate of drug-likeness (QED) is 0.629. The molecule has 1 heterocycles. The van der Waals surface area contributed by atoms with E-state index >= 15 is 0 Å². The third-order valence-electron chi connectivity index (χ3n) is 4.23. The maximum absolute atomic E-state index is 12.7. The Kier molecular flexibility index (Phi) is 5.04. The lowest BCUT2D eigenvalue weighted by Crippen LogP contribution is -2.13. The van der Waals surface area contributed by atoms with Crippen molar-refractivity contribution in [2.75, 3.05) is 7.11 Å². The zero-order chi connectivity index (χ0) is 19.6. The second kappa shape index (κ2) is 7.27. The van der Waals surface area contributed by atoms with E-state index in [2.05, 4.69) is 25.9 Å². The molecule has 0 spiro atoms. The fourth-order valence-electron chi connectivity index (χ4n) is 2.58. The third kappa shape index (κ3) is 4.19. The zero-order valence-electron chi connectivity index (χ0n) is 16.3. The molecule has 0 bridgehead atoms. The highest BCUT2D eigenvalue weighted by atomic mass is 16.5. The van der Waals surface area contributed by atoms with Gasteiger partial charge in [-0.15, -0.1) is 0 Å². The summed E-state index contributed by atoms with van der Waals surface area (Å²) in [6, 6.07) is 16.6. The molecule has 0 saturated carbocycles. The summed E-state index contributed by atoms with van der Waals surface area (Å²) in [5, 5.41) is 4.68. The third-order valence-corrected chi connectivity index (χ3v) is 4.23. The lowest BCUT2D eigenvalue weighted by Gasteiger charge is -2.13. The number of aryl methyl sites for hydroxylation is 1. The van der Waals surface area contributed by atoms with Crippen LogP contribution in [0.3, 0.4) is 0 Å². The molecule has 0 aliphatic carbocycles. The molecule has 5 nitrogen and oxygen atoms in total. The second-order valence-electron chi connectivity index (χ2n) is 7.49. The van der Waals surface area contributed by atoms with E-state index in [1.54, 1.807) is 36.1 Å². The molecule has 0 aliphatic heterocycles. The summed E-state index contributed by atoms with van der Waals surface area (Å²) in [5.41, 5.74) is 3.08. The molecular weight excluding hydrogens is 340 g/mol. The van der Waals surface area contributed by atoms with Crippen LogP contribution in [-0.4, -0.2) is 22.9 Å². The van der Waals surface area contributed by atoms with Crippen molar-refractivity contribution in [2.45, 2.75) is 33.1 Å². The minimum Gasteiger partial charge on any atom is -0.497 e. The minimum absolute atomic E-state index is 0.174. The first-order valence-corrected chi connectivity index (χ1v) is 8.82. The highest BCUT2D eigenvalue weighted by Crippen LogP contribution is 2.28. The Morgan fingerprint density at radius 3 is 2.37 bits per heavy atom. The molecule has 1 aromatic heterocycles. The molecule has 0 amide bonds. The lowest BCUT2D eigenvalue weighted by molar-refractivity contribution is 0.0722. The van der Waals surface area contributed by atoms with Gasteiger partial charge >= 0.3 is 5.97 Å². The van der Waals surface area contributed by atoms with Crippen LogP contribution in [0.4, 0.5) is 0 Å². The molecule has 2 aromatic carbocycles. The Hall–Kier alpha value is -3.08. The molecule has 0 aliphatic rings. The van der Waals surface area contributed by atoms with E-state index in [1.165, 1.54) is 0 Å². The lowest BCUT2D eigenvalue weighted by atomic mass is 9.93. The van der Waals surface area contributed by atoms with Gasteiger partial charge in [-0.3, -0.25) is 0 Å². The van der Waals surface area contributed by atoms with Crippen LogP contribution >= 0.6 is 0 Å². The standard InChI is InChI=1S/C22H24N2O3/c1-15-9-11-17(12-10-15)24-20(14-19(23-24)22(2,3)4)27-21(25)16-7-6-8-18(13-16)26-5/h6-14H,1-5H3. The molecule has 3 rings (SSSR count). The average molecular weight is 364 g/mol. The highest BCUT2D eigenvalue weighted by Gasteiger charge is 2.23. The van der Waals surface area contributed by atoms with E-state index in [1.807, 2.05) is 37.3 Å². The summed E-state index contributed by atoms with van der Waals surface area (Å²) in [7, 11) is 1.56. The van der Waals surface area contributed by atoms with E-state index in [9.17, 15) is 4.79 Å². The number of carbonyl (C=O) groups is 1. The van der Waals surface area contributed by atoms with E-state index in [-0.39, 0.29) is 5.41 Å². The number of esters is 1. The normalized spacial score (nSPS) is 11.3. The van der Waals surface area contributed by atoms with Crippen LogP contribution in [0, 0.1) is 6.92 Å². The summed E-state index contributed by atoms with van der Waals surface area (Å²) >= 11 is 0. The predicted octanol–water partition coefficient (Wildman–Crippen LogP) is 4.71. The molecule has 140 valence electrons. The van der Waals surface area contributed by atoms with Crippen molar-refractivity contribution in [1.82, 2.24) is 9.78 Å². The number of nitrogens with zero attached hydrogens (tertiary/aromatic N) is 2. The van der Waals surface area contributed by atoms with Gasteiger partial charge in [0.25, 0.3) is 0 Å². The molecule has 0 unspecified atom stereocenters. The molecule has 0 N–H and O–H groups in total. The van der Waals surface area contributed by atoms with Crippen molar-refractivity contribution < 1.29 is 14.3 Å². The Morgan fingerprint density at radius 2 is 1.74 bits per heavy atom. The SMILES string of the molecule is COc1cccc(C(=O)Oc2cc(C(C)(C)C)nn2-c2ccc(C)cc2)c1. The highest BCUT2D eigenvalue weighted by molar-refractivity contribution is 5.91. The van der Waals surface area contributed by atoms with Crippen LogP contribution in [0.5, 0.6) is 11.6 Å². The molecule has 0 fully saturated rings. The maximum atomic E-state index is 12.7. The van der Waals surface area contributed by atoms with Crippen molar-refractivity contribution >= 4 is 5.97 Å². The largest absolute Gasteiger partial charge is 0.497 e. The van der Waals surface area contributed by atoms with Crippen LogP contribution in [0.2, 0.25) is 0 Å². The summed E-state index contributed by atoms with van der Waals surface area (Å²) in [5.74, 6) is 0.533. The van der Waals surface area contributed by atoms with Gasteiger partial charge in [-0.25, -0.2) is 9.48 Å². The van der Waals surface area contributed by atoms with Gasteiger partial charge in [0.05, 0.1) is 24.1 Å². The van der Waals surface area contributed by atoms with Crippen LogP contribution in [0.15, 0.2) is 54.6 Å². The number of aromatic nitrogens is 2. The molecule has 0 atom stereocenters. The number of rotatable bonds is 4. The average Bonchev–Trinajstić information content (AvgIpc) is 3.06. The van der Waals surface area contributed by atoms with Gasteiger partial charge in [0.1, 0.15) is 5.75 Å². The monoisotopic (exact) mass is 364 g/mol. The molecule has 5 heteroatoms. The summed E-state index contributed by atoms with van der Waals surface area (Å²) in [6.07, 6.45) is 0. The number of hydrogen-bond donors (Lipinski definition) is 0. The molecule has 0 radical (unpaired) electrons. The summed E-state index contributed by atoms with van der Waals surface area (Å²) < 4.78 is 12.5. The molecule has 3 aromatic rings. The van der Waals surface area contributed by atoms with Crippen LogP contribution in [0.1, 0.15) is 42.4 Å². The number of ether oxygens (including phenoxy) is 2. The van der Waals surface area contributed by atoms with Crippen molar-refractivity contribution in [3.63, 3.8) is 0 Å². The Balaban J connectivity index is 1.99. The van der Waals surface area contributed by atoms with E-state index in [0.29, 0.717) is 17.2 Å². The number of benzene rings is 2. The van der Waals surface area contributed by atoms with Gasteiger partial charge < -0.3 is 9.47 Å². The van der Waals surface area contributed by atoms with Gasteiger partial charge in [-0.05, 0) is 37.3 Å². The Morgan fingerprint density at radius 1 is 1.04 bits per heavy atom. The van der Waals surface area contributed by atoms with Crippen molar-refractivity contribution in [3.8, 4) is 17.3 Å². The summed E-state index contributed by atoms with van der Waals surface area (Å²) in [4.78, 5) is 12.7. The van der Waals surface area contributed by atoms with Gasteiger partial charge in [-0.1, -0.05) is 44.5 Å². The Labute approximate surface area is 159 Å². The fourth-order valence-corrected chi connectivity index (χ4v) is 2.58. The number of hydrogen-bond acceptors (Lipinski definition) is 4. The first-order chi connectivity index (χ1) is 12.8. The van der Waals surface area contributed by atoms with Gasteiger partial charge in [-0.2, -0.15) is 5.10 Å². The fraction of sp³-hybridized carbons (Fsp3) is 0.273. The van der Waals surface area contributed by atoms with Crippen molar-refractivity contribution in [3.05, 3.63) is 71.4 Å². The first-order valence-electron chi connectivity index (χ1n) is 8.82. The maximum Gasteiger partial charge on any atom is 0.344 e. The zero-order valence-corrected chi connectivity index (χ0v) is 16.3.